The fraction of sp³-hybridized carbons (Fsp3) is 0.900. The summed E-state index contributed by atoms with van der Waals surface area (Å²) < 4.78 is 5.29. The summed E-state index contributed by atoms with van der Waals surface area (Å²) in [7, 11) is 0. The van der Waals surface area contributed by atoms with Gasteiger partial charge in [-0.15, -0.1) is 0 Å². The normalized spacial score (nSPS) is 27.2. The molecule has 0 spiro atoms. The molecule has 2 aliphatic rings. The highest BCUT2D eigenvalue weighted by atomic mass is 32.2. The van der Waals surface area contributed by atoms with Gasteiger partial charge in [0, 0.05) is 25.4 Å². The minimum absolute atomic E-state index is 0.348. The number of morpholine rings is 1. The molecule has 2 rings (SSSR count). The van der Waals surface area contributed by atoms with Crippen molar-refractivity contribution in [1.82, 2.24) is 10.4 Å². The van der Waals surface area contributed by atoms with Gasteiger partial charge in [-0.25, -0.2) is 5.01 Å². The molecule has 1 saturated heterocycles. The van der Waals surface area contributed by atoms with Crippen LogP contribution in [0.15, 0.2) is 4.99 Å². The molecule has 1 fully saturated rings. The van der Waals surface area contributed by atoms with Gasteiger partial charge in [0.15, 0.2) is 5.17 Å². The van der Waals surface area contributed by atoms with Crippen molar-refractivity contribution in [3.8, 4) is 0 Å². The summed E-state index contributed by atoms with van der Waals surface area (Å²) in [4.78, 5) is 4.56. The van der Waals surface area contributed by atoms with Crippen LogP contribution in [-0.2, 0) is 4.74 Å². The third-order valence-corrected chi connectivity index (χ3v) is 3.93. The van der Waals surface area contributed by atoms with Crippen LogP contribution in [0.4, 0.5) is 0 Å². The van der Waals surface area contributed by atoms with E-state index in [0.29, 0.717) is 5.41 Å². The molecule has 86 valence electrons. The van der Waals surface area contributed by atoms with E-state index in [0.717, 1.165) is 43.8 Å². The zero-order valence-corrected chi connectivity index (χ0v) is 10.3. The molecule has 5 heteroatoms. The van der Waals surface area contributed by atoms with Crippen LogP contribution in [0, 0.1) is 5.41 Å². The Balaban J connectivity index is 1.82. The Morgan fingerprint density at radius 3 is 2.73 bits per heavy atom. The second-order valence-electron chi connectivity index (χ2n) is 4.79. The van der Waals surface area contributed by atoms with Crippen molar-refractivity contribution in [3.63, 3.8) is 0 Å². The molecule has 0 radical (unpaired) electrons. The second-order valence-corrected chi connectivity index (χ2v) is 5.75. The SMILES string of the molecule is CC1(C)CN=C(NN2CCOCC2)SC1. The molecule has 0 aromatic rings. The maximum absolute atomic E-state index is 5.29. The van der Waals surface area contributed by atoms with Gasteiger partial charge in [-0.3, -0.25) is 10.4 Å². The monoisotopic (exact) mass is 229 g/mol. The second kappa shape index (κ2) is 4.72. The van der Waals surface area contributed by atoms with Gasteiger partial charge in [0.25, 0.3) is 0 Å². The van der Waals surface area contributed by atoms with E-state index in [1.54, 1.807) is 0 Å². The first kappa shape index (κ1) is 11.2. The first-order valence-corrected chi connectivity index (χ1v) is 6.41. The van der Waals surface area contributed by atoms with Gasteiger partial charge >= 0.3 is 0 Å². The number of aliphatic imine (C=N–C) groups is 1. The molecule has 2 heterocycles. The van der Waals surface area contributed by atoms with Crippen LogP contribution in [-0.4, -0.2) is 48.8 Å². The fourth-order valence-electron chi connectivity index (χ4n) is 1.52. The van der Waals surface area contributed by atoms with Crippen molar-refractivity contribution in [1.29, 1.82) is 0 Å². The molecule has 0 aromatic heterocycles. The zero-order chi connectivity index (χ0) is 10.7. The predicted octanol–water partition coefficient (Wildman–Crippen LogP) is 0.952. The van der Waals surface area contributed by atoms with E-state index in [4.69, 9.17) is 4.74 Å². The van der Waals surface area contributed by atoms with Crippen LogP contribution < -0.4 is 5.43 Å². The Labute approximate surface area is 95.4 Å². The lowest BCUT2D eigenvalue weighted by Crippen LogP contribution is -2.48. The van der Waals surface area contributed by atoms with Gasteiger partial charge in [-0.2, -0.15) is 0 Å². The average molecular weight is 229 g/mol. The van der Waals surface area contributed by atoms with E-state index in [2.05, 4.69) is 29.3 Å². The van der Waals surface area contributed by atoms with Crippen LogP contribution in [0.2, 0.25) is 0 Å². The third kappa shape index (κ3) is 3.36. The van der Waals surface area contributed by atoms with Gasteiger partial charge in [0.1, 0.15) is 0 Å². The molecule has 0 saturated carbocycles. The first-order chi connectivity index (χ1) is 7.16. The summed E-state index contributed by atoms with van der Waals surface area (Å²) in [6.45, 7) is 8.97. The number of nitrogens with one attached hydrogen (secondary N) is 1. The Bertz CT molecular complexity index is 249. The van der Waals surface area contributed by atoms with Crippen LogP contribution in [0.3, 0.4) is 0 Å². The molecule has 15 heavy (non-hydrogen) atoms. The van der Waals surface area contributed by atoms with Crippen molar-refractivity contribution in [2.75, 3.05) is 38.6 Å². The number of hydrogen-bond donors (Lipinski definition) is 1. The highest BCUT2D eigenvalue weighted by Gasteiger charge is 2.24. The van der Waals surface area contributed by atoms with E-state index < -0.39 is 0 Å². The summed E-state index contributed by atoms with van der Waals surface area (Å²) in [6.07, 6.45) is 0. The molecule has 1 N–H and O–H groups in total. The first-order valence-electron chi connectivity index (χ1n) is 5.42. The zero-order valence-electron chi connectivity index (χ0n) is 9.45. The summed E-state index contributed by atoms with van der Waals surface area (Å²) >= 11 is 1.82. The molecule has 2 aliphatic heterocycles. The Morgan fingerprint density at radius 2 is 2.13 bits per heavy atom. The predicted molar refractivity (Wildman–Crippen MR) is 64.1 cm³/mol. The molecule has 0 amide bonds. The van der Waals surface area contributed by atoms with Crippen molar-refractivity contribution < 1.29 is 4.74 Å². The number of hydrogen-bond acceptors (Lipinski definition) is 5. The molecular weight excluding hydrogens is 210 g/mol. The standard InChI is InChI=1S/C10H19N3OS/c1-10(2)7-11-9(15-8-10)12-13-3-5-14-6-4-13/h3-8H2,1-2H3,(H,11,12). The van der Waals surface area contributed by atoms with Gasteiger partial charge in [-0.05, 0) is 5.41 Å². The fourth-order valence-corrected chi connectivity index (χ4v) is 2.49. The number of nitrogens with zero attached hydrogens (tertiary/aromatic N) is 2. The minimum Gasteiger partial charge on any atom is -0.379 e. The van der Waals surface area contributed by atoms with Crippen molar-refractivity contribution >= 4 is 16.9 Å². The number of amidine groups is 1. The molecule has 0 bridgehead atoms. The Kier molecular flexibility index (Phi) is 3.53. The smallest absolute Gasteiger partial charge is 0.171 e. The molecule has 0 atom stereocenters. The van der Waals surface area contributed by atoms with E-state index >= 15 is 0 Å². The van der Waals surface area contributed by atoms with E-state index in [-0.39, 0.29) is 0 Å². The van der Waals surface area contributed by atoms with Crippen molar-refractivity contribution in [2.24, 2.45) is 10.4 Å². The van der Waals surface area contributed by atoms with Gasteiger partial charge in [0.05, 0.1) is 13.2 Å². The largest absolute Gasteiger partial charge is 0.379 e. The van der Waals surface area contributed by atoms with Gasteiger partial charge in [-0.1, -0.05) is 25.6 Å². The summed E-state index contributed by atoms with van der Waals surface area (Å²) in [6, 6.07) is 0. The molecule has 4 nitrogen and oxygen atoms in total. The molecule has 0 aliphatic carbocycles. The average Bonchev–Trinajstić information content (AvgIpc) is 2.23. The highest BCUT2D eigenvalue weighted by molar-refractivity contribution is 8.13. The minimum atomic E-state index is 0.348. The number of hydrazine groups is 1. The van der Waals surface area contributed by atoms with Gasteiger partial charge in [0.2, 0.25) is 0 Å². The molecular formula is C10H19N3OS. The number of thioether (sulfide) groups is 1. The third-order valence-electron chi connectivity index (χ3n) is 2.52. The summed E-state index contributed by atoms with van der Waals surface area (Å²) in [5, 5.41) is 3.25. The van der Waals surface area contributed by atoms with Crippen LogP contribution in [0.5, 0.6) is 0 Å². The maximum atomic E-state index is 5.29. The Hall–Kier alpha value is -0.260. The lowest BCUT2D eigenvalue weighted by molar-refractivity contribution is 0.0253. The van der Waals surface area contributed by atoms with Crippen LogP contribution in [0.1, 0.15) is 13.8 Å². The van der Waals surface area contributed by atoms with E-state index in [1.165, 1.54) is 0 Å². The quantitative estimate of drug-likeness (QED) is 0.726. The lowest BCUT2D eigenvalue weighted by atomic mass is 9.97. The van der Waals surface area contributed by atoms with E-state index in [9.17, 15) is 0 Å². The molecule has 0 unspecified atom stereocenters. The maximum Gasteiger partial charge on any atom is 0.171 e. The van der Waals surface area contributed by atoms with Crippen LogP contribution >= 0.6 is 11.8 Å². The van der Waals surface area contributed by atoms with E-state index in [1.807, 2.05) is 11.8 Å². The topological polar surface area (TPSA) is 36.9 Å². The van der Waals surface area contributed by atoms with Crippen LogP contribution in [0.25, 0.3) is 0 Å². The Morgan fingerprint density at radius 1 is 1.40 bits per heavy atom. The highest BCUT2D eigenvalue weighted by Crippen LogP contribution is 2.27. The lowest BCUT2D eigenvalue weighted by Gasteiger charge is -2.32. The summed E-state index contributed by atoms with van der Waals surface area (Å²) in [5.74, 6) is 1.14. The number of rotatable bonds is 1. The van der Waals surface area contributed by atoms with Crippen molar-refractivity contribution in [2.45, 2.75) is 13.8 Å². The summed E-state index contributed by atoms with van der Waals surface area (Å²) in [5.41, 5.74) is 3.71. The molecule has 0 aromatic carbocycles. The van der Waals surface area contributed by atoms with Gasteiger partial charge < -0.3 is 4.74 Å². The van der Waals surface area contributed by atoms with Crippen molar-refractivity contribution in [3.05, 3.63) is 0 Å². The number of ether oxygens (including phenoxy) is 1.